The molecule has 0 unspecified atom stereocenters. The van der Waals surface area contributed by atoms with E-state index in [0.717, 1.165) is 11.7 Å². The van der Waals surface area contributed by atoms with Crippen molar-refractivity contribution in [2.45, 2.75) is 19.8 Å². The van der Waals surface area contributed by atoms with Crippen molar-refractivity contribution in [2.24, 2.45) is 5.92 Å². The highest BCUT2D eigenvalue weighted by Crippen LogP contribution is 2.42. The van der Waals surface area contributed by atoms with Gasteiger partial charge in [-0.3, -0.25) is 0 Å². The fraction of sp³-hybridized carbons (Fsp3) is 0.312. The van der Waals surface area contributed by atoms with Crippen molar-refractivity contribution in [1.82, 2.24) is 0 Å². The van der Waals surface area contributed by atoms with E-state index in [-0.39, 0.29) is 0 Å². The molecule has 4 nitrogen and oxygen atoms in total. The summed E-state index contributed by atoms with van der Waals surface area (Å²) >= 11 is 0. The molecular weight excluding hydrogens is 256 g/mol. The lowest BCUT2D eigenvalue weighted by molar-refractivity contribution is 0.137. The second-order valence-electron chi connectivity index (χ2n) is 4.43. The smallest absolute Gasteiger partial charge is 0.497 e. The molecule has 20 heavy (non-hydrogen) atoms. The number of carboxylic acid groups (broad SMARTS) is 2. The molecule has 0 aliphatic heterocycles. The van der Waals surface area contributed by atoms with Crippen LogP contribution in [0.4, 0.5) is 4.79 Å². The van der Waals surface area contributed by atoms with Crippen molar-refractivity contribution in [3.63, 3.8) is 0 Å². The van der Waals surface area contributed by atoms with Gasteiger partial charge in [0.2, 0.25) is 0 Å². The third-order valence-corrected chi connectivity index (χ3v) is 2.91. The predicted molar refractivity (Wildman–Crippen MR) is 79.2 cm³/mol. The molecule has 108 valence electrons. The van der Waals surface area contributed by atoms with E-state index in [4.69, 9.17) is 19.7 Å². The van der Waals surface area contributed by atoms with Gasteiger partial charge >= 0.3 is 6.16 Å². The molecule has 2 rings (SSSR count). The molecular formula is C16H20O4. The zero-order chi connectivity index (χ0) is 15.0. The number of hydrogen-bond acceptors (Lipinski definition) is 2. The summed E-state index contributed by atoms with van der Waals surface area (Å²) in [7, 11) is 1.70. The molecule has 0 saturated heterocycles. The zero-order valence-electron chi connectivity index (χ0n) is 11.7. The number of methoxy groups -OCH3 is 1. The maximum atomic E-state index is 8.56. The molecule has 1 aromatic carbocycles. The number of allylic oxidation sites excluding steroid dienone is 4. The quantitative estimate of drug-likeness (QED) is 0.805. The van der Waals surface area contributed by atoms with E-state index in [1.165, 1.54) is 24.0 Å². The van der Waals surface area contributed by atoms with E-state index in [9.17, 15) is 0 Å². The first-order valence-corrected chi connectivity index (χ1v) is 6.47. The van der Waals surface area contributed by atoms with Crippen LogP contribution < -0.4 is 4.74 Å². The van der Waals surface area contributed by atoms with Gasteiger partial charge in [0.15, 0.2) is 0 Å². The molecule has 0 aromatic heterocycles. The monoisotopic (exact) mass is 276 g/mol. The summed E-state index contributed by atoms with van der Waals surface area (Å²) in [4.78, 5) is 8.56. The molecule has 1 aliphatic rings. The molecule has 0 spiro atoms. The molecule has 0 bridgehead atoms. The van der Waals surface area contributed by atoms with Gasteiger partial charge in [-0.05, 0) is 49.0 Å². The van der Waals surface area contributed by atoms with E-state index in [2.05, 4.69) is 37.3 Å². The van der Waals surface area contributed by atoms with Crippen molar-refractivity contribution in [3.8, 4) is 5.75 Å². The van der Waals surface area contributed by atoms with Gasteiger partial charge in [0.05, 0.1) is 7.11 Å². The van der Waals surface area contributed by atoms with Gasteiger partial charge < -0.3 is 14.9 Å². The molecule has 2 N–H and O–H groups in total. The van der Waals surface area contributed by atoms with Gasteiger partial charge in [-0.25, -0.2) is 4.79 Å². The number of carbonyl (C=O) groups is 1. The number of rotatable bonds is 4. The van der Waals surface area contributed by atoms with Crippen molar-refractivity contribution < 1.29 is 19.7 Å². The minimum absolute atomic E-state index is 0.768. The van der Waals surface area contributed by atoms with E-state index in [0.29, 0.717) is 0 Å². The normalized spacial score (nSPS) is 14.6. The zero-order valence-corrected chi connectivity index (χ0v) is 11.7. The predicted octanol–water partition coefficient (Wildman–Crippen LogP) is 4.29. The minimum Gasteiger partial charge on any atom is -0.497 e. The highest BCUT2D eigenvalue weighted by molar-refractivity contribution is 5.71. The third kappa shape index (κ3) is 5.61. The molecule has 1 saturated carbocycles. The SMILES string of the molecule is C/C=C/C=C(\c1ccc(OC)cc1)C1CC1.O=C(O)O. The molecule has 1 aromatic rings. The Hall–Kier alpha value is -2.23. The van der Waals surface area contributed by atoms with Crippen LogP contribution >= 0.6 is 0 Å². The second-order valence-corrected chi connectivity index (χ2v) is 4.43. The van der Waals surface area contributed by atoms with Crippen LogP contribution in [0.1, 0.15) is 25.3 Å². The molecule has 1 fully saturated rings. The molecule has 4 heteroatoms. The van der Waals surface area contributed by atoms with Crippen molar-refractivity contribution >= 4 is 11.7 Å². The summed E-state index contributed by atoms with van der Waals surface area (Å²) in [6, 6.07) is 8.35. The van der Waals surface area contributed by atoms with E-state index in [1.807, 2.05) is 12.1 Å². The Morgan fingerprint density at radius 2 is 1.80 bits per heavy atom. The Bertz CT molecular complexity index is 478. The summed E-state index contributed by atoms with van der Waals surface area (Å²) in [5.74, 6) is 1.69. The summed E-state index contributed by atoms with van der Waals surface area (Å²) in [6.45, 7) is 2.05. The van der Waals surface area contributed by atoms with E-state index < -0.39 is 6.16 Å². The fourth-order valence-corrected chi connectivity index (χ4v) is 1.85. The fourth-order valence-electron chi connectivity index (χ4n) is 1.85. The largest absolute Gasteiger partial charge is 0.503 e. The Kier molecular flexibility index (Phi) is 6.37. The Morgan fingerprint density at radius 1 is 1.25 bits per heavy atom. The molecule has 0 radical (unpaired) electrons. The molecule has 0 heterocycles. The van der Waals surface area contributed by atoms with E-state index >= 15 is 0 Å². The minimum atomic E-state index is -1.83. The van der Waals surface area contributed by atoms with Gasteiger partial charge in [0.1, 0.15) is 5.75 Å². The number of benzene rings is 1. The van der Waals surface area contributed by atoms with Gasteiger partial charge in [0.25, 0.3) is 0 Å². The number of ether oxygens (including phenoxy) is 1. The van der Waals surface area contributed by atoms with Crippen molar-refractivity contribution in [2.75, 3.05) is 7.11 Å². The standard InChI is InChI=1S/C15H18O.CH2O3/c1-3-4-5-15(12-6-7-12)13-8-10-14(16-2)11-9-13;2-1(3)4/h3-5,8-12H,6-7H2,1-2H3;(H2,2,3,4)/b4-3+,15-5-;. The average Bonchev–Trinajstić information content (AvgIpc) is 3.24. The lowest BCUT2D eigenvalue weighted by Gasteiger charge is -2.06. The first-order valence-electron chi connectivity index (χ1n) is 6.47. The van der Waals surface area contributed by atoms with Crippen molar-refractivity contribution in [1.29, 1.82) is 0 Å². The van der Waals surface area contributed by atoms with Crippen LogP contribution in [-0.4, -0.2) is 23.5 Å². The number of hydrogen-bond donors (Lipinski definition) is 2. The van der Waals surface area contributed by atoms with Crippen molar-refractivity contribution in [3.05, 3.63) is 48.1 Å². The maximum Gasteiger partial charge on any atom is 0.503 e. The first kappa shape index (κ1) is 15.8. The third-order valence-electron chi connectivity index (χ3n) is 2.91. The van der Waals surface area contributed by atoms with Gasteiger partial charge in [-0.1, -0.05) is 30.4 Å². The van der Waals surface area contributed by atoms with Crippen LogP contribution in [0.15, 0.2) is 42.5 Å². The molecule has 0 amide bonds. The van der Waals surface area contributed by atoms with Gasteiger partial charge in [-0.2, -0.15) is 0 Å². The van der Waals surface area contributed by atoms with Crippen LogP contribution in [0, 0.1) is 5.92 Å². The van der Waals surface area contributed by atoms with Gasteiger partial charge in [0, 0.05) is 0 Å². The highest BCUT2D eigenvalue weighted by atomic mass is 16.6. The maximum absolute atomic E-state index is 8.56. The van der Waals surface area contributed by atoms with E-state index in [1.54, 1.807) is 7.11 Å². The summed E-state index contributed by atoms with van der Waals surface area (Å²) in [5.41, 5.74) is 2.78. The van der Waals surface area contributed by atoms with Crippen LogP contribution in [0.25, 0.3) is 5.57 Å². The van der Waals surface area contributed by atoms with Crippen LogP contribution in [0.3, 0.4) is 0 Å². The Labute approximate surface area is 119 Å². The Balaban J connectivity index is 0.000000444. The van der Waals surface area contributed by atoms with Crippen LogP contribution in [0.2, 0.25) is 0 Å². The lowest BCUT2D eigenvalue weighted by Crippen LogP contribution is -1.88. The molecule has 0 atom stereocenters. The summed E-state index contributed by atoms with van der Waals surface area (Å²) in [6.07, 6.45) is 7.26. The Morgan fingerprint density at radius 3 is 2.20 bits per heavy atom. The second kappa shape index (κ2) is 8.04. The summed E-state index contributed by atoms with van der Waals surface area (Å²) < 4.78 is 5.17. The van der Waals surface area contributed by atoms with Crippen LogP contribution in [0.5, 0.6) is 5.75 Å². The summed E-state index contributed by atoms with van der Waals surface area (Å²) in [5, 5.41) is 13.9. The lowest BCUT2D eigenvalue weighted by atomic mass is 10.0. The van der Waals surface area contributed by atoms with Crippen LogP contribution in [-0.2, 0) is 0 Å². The molecule has 1 aliphatic carbocycles. The topological polar surface area (TPSA) is 66.8 Å². The average molecular weight is 276 g/mol. The highest BCUT2D eigenvalue weighted by Gasteiger charge is 2.26. The first-order chi connectivity index (χ1) is 9.58. The van der Waals surface area contributed by atoms with Gasteiger partial charge in [-0.15, -0.1) is 0 Å².